The number of thiophene rings is 1. The molecule has 5 rings (SSSR count). The van der Waals surface area contributed by atoms with Crippen LogP contribution in [0.5, 0.6) is 0 Å². The Morgan fingerprint density at radius 1 is 1.21 bits per heavy atom. The van der Waals surface area contributed by atoms with Crippen LogP contribution in [-0.2, 0) is 11.2 Å². The van der Waals surface area contributed by atoms with Crippen LogP contribution in [0.15, 0.2) is 52.5 Å². The predicted octanol–water partition coefficient (Wildman–Crippen LogP) is 5.54. The van der Waals surface area contributed by atoms with Gasteiger partial charge in [0.1, 0.15) is 17.7 Å². The normalized spacial score (nSPS) is 17.8. The summed E-state index contributed by atoms with van der Waals surface area (Å²) in [5, 5.41) is 5.20. The molecule has 0 spiro atoms. The van der Waals surface area contributed by atoms with Crippen LogP contribution < -0.4 is 5.32 Å². The first kappa shape index (κ1) is 21.8. The van der Waals surface area contributed by atoms with Crippen LogP contribution in [0.2, 0.25) is 0 Å². The summed E-state index contributed by atoms with van der Waals surface area (Å²) in [4.78, 5) is 22.1. The number of ether oxygens (including phenoxy) is 1. The third-order valence-electron chi connectivity index (χ3n) is 6.02. The van der Waals surface area contributed by atoms with E-state index in [-0.39, 0.29) is 17.6 Å². The van der Waals surface area contributed by atoms with E-state index in [9.17, 15) is 4.79 Å². The number of carbonyl (C=O) groups is 1. The summed E-state index contributed by atoms with van der Waals surface area (Å²) in [6.45, 7) is 6.62. The number of aromatic nitrogens is 2. The molecule has 1 amide bonds. The first-order chi connectivity index (χ1) is 15.9. The van der Waals surface area contributed by atoms with Gasteiger partial charge in [0.2, 0.25) is 0 Å². The topological polar surface area (TPSA) is 77.2 Å². The molecule has 1 aliphatic heterocycles. The highest BCUT2D eigenvalue weighted by Crippen LogP contribution is 2.28. The second-order valence-electron chi connectivity index (χ2n) is 9.20. The van der Waals surface area contributed by atoms with Gasteiger partial charge >= 0.3 is 0 Å². The van der Waals surface area contributed by atoms with Crippen molar-refractivity contribution >= 4 is 27.5 Å². The summed E-state index contributed by atoms with van der Waals surface area (Å²) >= 11 is 1.66. The SMILES string of the molecule is Cc1nc(-c2ccc(Cc3cc(C(=O)NC4CCOC(C)(C)C4)nc4ccsc34)cc2)co1. The molecule has 0 saturated carbocycles. The minimum atomic E-state index is -0.219. The number of pyridine rings is 1. The van der Waals surface area contributed by atoms with Crippen molar-refractivity contribution in [2.24, 2.45) is 0 Å². The van der Waals surface area contributed by atoms with Crippen molar-refractivity contribution in [3.63, 3.8) is 0 Å². The average Bonchev–Trinajstić information content (AvgIpc) is 3.42. The lowest BCUT2D eigenvalue weighted by Crippen LogP contribution is -2.46. The Labute approximate surface area is 197 Å². The van der Waals surface area contributed by atoms with Crippen molar-refractivity contribution in [1.82, 2.24) is 15.3 Å². The van der Waals surface area contributed by atoms with E-state index in [0.717, 1.165) is 51.9 Å². The summed E-state index contributed by atoms with van der Waals surface area (Å²) in [6, 6.07) is 12.3. The van der Waals surface area contributed by atoms with Gasteiger partial charge in [0.05, 0.1) is 15.8 Å². The maximum absolute atomic E-state index is 13.1. The molecule has 4 aromatic rings. The van der Waals surface area contributed by atoms with Crippen LogP contribution in [0.3, 0.4) is 0 Å². The van der Waals surface area contributed by atoms with Crippen molar-refractivity contribution in [1.29, 1.82) is 0 Å². The first-order valence-electron chi connectivity index (χ1n) is 11.2. The van der Waals surface area contributed by atoms with Gasteiger partial charge in [0, 0.05) is 25.1 Å². The highest BCUT2D eigenvalue weighted by atomic mass is 32.1. The molecule has 0 radical (unpaired) electrons. The summed E-state index contributed by atoms with van der Waals surface area (Å²) in [6.07, 6.45) is 4.01. The van der Waals surface area contributed by atoms with Crippen LogP contribution in [0.4, 0.5) is 0 Å². The Bertz CT molecular complexity index is 1290. The highest BCUT2D eigenvalue weighted by molar-refractivity contribution is 7.17. The summed E-state index contributed by atoms with van der Waals surface area (Å²) < 4.78 is 12.2. The van der Waals surface area contributed by atoms with E-state index in [2.05, 4.69) is 53.4 Å². The van der Waals surface area contributed by atoms with Crippen molar-refractivity contribution in [3.05, 3.63) is 70.8 Å². The quantitative estimate of drug-likeness (QED) is 0.422. The van der Waals surface area contributed by atoms with E-state index in [4.69, 9.17) is 9.15 Å². The van der Waals surface area contributed by atoms with E-state index >= 15 is 0 Å². The number of amides is 1. The van der Waals surface area contributed by atoms with Crippen molar-refractivity contribution in [3.8, 4) is 11.3 Å². The second kappa shape index (κ2) is 8.72. The van der Waals surface area contributed by atoms with E-state index in [0.29, 0.717) is 18.2 Å². The van der Waals surface area contributed by atoms with E-state index in [1.165, 1.54) is 0 Å². The van der Waals surface area contributed by atoms with Crippen LogP contribution in [-0.4, -0.2) is 34.1 Å². The van der Waals surface area contributed by atoms with Gasteiger partial charge in [-0.05, 0) is 61.7 Å². The Hall–Kier alpha value is -3.03. The minimum absolute atomic E-state index is 0.0948. The lowest BCUT2D eigenvalue weighted by molar-refractivity contribution is -0.0615. The largest absolute Gasteiger partial charge is 0.449 e. The summed E-state index contributed by atoms with van der Waals surface area (Å²) in [5.41, 5.74) is 5.24. The molecule has 1 unspecified atom stereocenters. The lowest BCUT2D eigenvalue weighted by Gasteiger charge is -2.35. The Balaban J connectivity index is 1.37. The van der Waals surface area contributed by atoms with Gasteiger partial charge in [-0.3, -0.25) is 4.79 Å². The predicted molar refractivity (Wildman–Crippen MR) is 130 cm³/mol. The van der Waals surface area contributed by atoms with Crippen molar-refractivity contribution in [2.75, 3.05) is 6.61 Å². The fourth-order valence-electron chi connectivity index (χ4n) is 4.39. The molecular formula is C26H27N3O3S. The van der Waals surface area contributed by atoms with Gasteiger partial charge in [-0.25, -0.2) is 9.97 Å². The molecule has 1 N–H and O–H groups in total. The highest BCUT2D eigenvalue weighted by Gasteiger charge is 2.30. The monoisotopic (exact) mass is 461 g/mol. The van der Waals surface area contributed by atoms with Crippen molar-refractivity contribution in [2.45, 2.75) is 51.7 Å². The molecule has 0 bridgehead atoms. The van der Waals surface area contributed by atoms with Gasteiger partial charge in [-0.2, -0.15) is 0 Å². The van der Waals surface area contributed by atoms with Crippen LogP contribution in [0.25, 0.3) is 21.5 Å². The molecule has 1 aliphatic rings. The number of carbonyl (C=O) groups excluding carboxylic acids is 1. The average molecular weight is 462 g/mol. The standard InChI is InChI=1S/C26H27N3O3S/c1-16-27-23(15-31-16)18-6-4-17(5-7-18)12-19-13-22(29-21-9-11-33-24(19)21)25(30)28-20-8-10-32-26(2,3)14-20/h4-7,9,11,13,15,20H,8,10,12,14H2,1-3H3,(H,28,30). The molecular weight excluding hydrogens is 434 g/mol. The molecule has 0 aliphatic carbocycles. The fraction of sp³-hybridized carbons (Fsp3) is 0.346. The van der Waals surface area contributed by atoms with Crippen LogP contribution in [0, 0.1) is 6.92 Å². The van der Waals surface area contributed by atoms with E-state index < -0.39 is 0 Å². The number of aryl methyl sites for hydroxylation is 1. The maximum Gasteiger partial charge on any atom is 0.270 e. The fourth-order valence-corrected chi connectivity index (χ4v) is 5.24. The molecule has 33 heavy (non-hydrogen) atoms. The Morgan fingerprint density at radius 3 is 2.76 bits per heavy atom. The minimum Gasteiger partial charge on any atom is -0.449 e. The number of benzene rings is 1. The van der Waals surface area contributed by atoms with Gasteiger partial charge in [-0.15, -0.1) is 11.3 Å². The molecule has 6 nitrogen and oxygen atoms in total. The zero-order valence-electron chi connectivity index (χ0n) is 19.1. The molecule has 1 saturated heterocycles. The summed E-state index contributed by atoms with van der Waals surface area (Å²) in [7, 11) is 0. The number of hydrogen-bond donors (Lipinski definition) is 1. The number of nitrogens with zero attached hydrogens (tertiary/aromatic N) is 2. The smallest absolute Gasteiger partial charge is 0.270 e. The number of rotatable bonds is 5. The number of hydrogen-bond acceptors (Lipinski definition) is 6. The van der Waals surface area contributed by atoms with Gasteiger partial charge in [0.25, 0.3) is 5.91 Å². The van der Waals surface area contributed by atoms with Gasteiger partial charge in [0.15, 0.2) is 5.89 Å². The third kappa shape index (κ3) is 4.84. The van der Waals surface area contributed by atoms with E-state index in [1.54, 1.807) is 17.6 Å². The number of oxazole rings is 1. The van der Waals surface area contributed by atoms with Gasteiger partial charge < -0.3 is 14.5 Å². The Kier molecular flexibility index (Phi) is 5.76. The zero-order valence-corrected chi connectivity index (χ0v) is 19.9. The maximum atomic E-state index is 13.1. The van der Waals surface area contributed by atoms with E-state index in [1.807, 2.05) is 24.4 Å². The molecule has 1 atom stereocenters. The van der Waals surface area contributed by atoms with Crippen molar-refractivity contribution < 1.29 is 13.9 Å². The van der Waals surface area contributed by atoms with Gasteiger partial charge in [-0.1, -0.05) is 24.3 Å². The number of fused-ring (bicyclic) bond motifs is 1. The molecule has 3 aromatic heterocycles. The Morgan fingerprint density at radius 2 is 2.03 bits per heavy atom. The lowest BCUT2D eigenvalue weighted by atomic mass is 9.94. The van der Waals surface area contributed by atoms with Crippen LogP contribution in [0.1, 0.15) is 54.2 Å². The summed E-state index contributed by atoms with van der Waals surface area (Å²) in [5.74, 6) is 0.532. The van der Waals surface area contributed by atoms with Crippen LogP contribution >= 0.6 is 11.3 Å². The molecule has 170 valence electrons. The number of nitrogens with one attached hydrogen (secondary N) is 1. The zero-order chi connectivity index (χ0) is 23.0. The molecule has 4 heterocycles. The third-order valence-corrected chi connectivity index (χ3v) is 7.00. The molecule has 1 fully saturated rings. The molecule has 7 heteroatoms. The molecule has 1 aromatic carbocycles. The first-order valence-corrected chi connectivity index (χ1v) is 12.1. The second-order valence-corrected chi connectivity index (χ2v) is 10.1.